The molecule has 0 aliphatic carbocycles. The summed E-state index contributed by atoms with van der Waals surface area (Å²) in [6.45, 7) is 5.79. The quantitative estimate of drug-likeness (QED) is 0.784. The molecule has 0 radical (unpaired) electrons. The number of aromatic hydroxyl groups is 1. The number of halogens is 1. The van der Waals surface area contributed by atoms with Crippen molar-refractivity contribution in [2.24, 2.45) is 11.1 Å². The molecule has 0 saturated carbocycles. The fourth-order valence-corrected chi connectivity index (χ4v) is 1.92. The van der Waals surface area contributed by atoms with Crippen LogP contribution in [0.5, 0.6) is 5.75 Å². The maximum atomic E-state index is 10.9. The molecule has 0 aliphatic heterocycles. The zero-order valence-corrected chi connectivity index (χ0v) is 11.6. The molecule has 0 unspecified atom stereocenters. The van der Waals surface area contributed by atoms with Crippen molar-refractivity contribution in [3.63, 3.8) is 0 Å². The second-order valence-corrected chi connectivity index (χ2v) is 5.90. The molecule has 0 saturated heterocycles. The van der Waals surface area contributed by atoms with Crippen LogP contribution in [0, 0.1) is 5.41 Å². The van der Waals surface area contributed by atoms with Crippen molar-refractivity contribution in [2.75, 3.05) is 0 Å². The molecule has 94 valence electrons. The lowest BCUT2D eigenvalue weighted by Gasteiger charge is -2.28. The lowest BCUT2D eigenvalue weighted by molar-refractivity contribution is 0.0696. The predicted molar refractivity (Wildman–Crippen MR) is 69.1 cm³/mol. The topological polar surface area (TPSA) is 83.6 Å². The largest absolute Gasteiger partial charge is 0.506 e. The van der Waals surface area contributed by atoms with E-state index >= 15 is 0 Å². The Bertz CT molecular complexity index is 452. The van der Waals surface area contributed by atoms with Crippen molar-refractivity contribution in [2.45, 2.75) is 26.8 Å². The van der Waals surface area contributed by atoms with Crippen LogP contribution in [0.15, 0.2) is 16.6 Å². The van der Waals surface area contributed by atoms with E-state index in [0.29, 0.717) is 10.0 Å². The Morgan fingerprint density at radius 3 is 2.35 bits per heavy atom. The van der Waals surface area contributed by atoms with Crippen LogP contribution >= 0.6 is 15.9 Å². The van der Waals surface area contributed by atoms with Crippen LogP contribution in [0.4, 0.5) is 0 Å². The summed E-state index contributed by atoms with van der Waals surface area (Å²) in [4.78, 5) is 10.9. The number of rotatable bonds is 2. The molecule has 0 fully saturated rings. The van der Waals surface area contributed by atoms with Crippen molar-refractivity contribution in [1.29, 1.82) is 0 Å². The molecule has 1 aromatic carbocycles. The highest BCUT2D eigenvalue weighted by molar-refractivity contribution is 9.10. The van der Waals surface area contributed by atoms with E-state index in [2.05, 4.69) is 15.9 Å². The van der Waals surface area contributed by atoms with Crippen LogP contribution in [0.1, 0.15) is 42.7 Å². The zero-order valence-electron chi connectivity index (χ0n) is 9.99. The van der Waals surface area contributed by atoms with E-state index in [4.69, 9.17) is 10.8 Å². The molecule has 17 heavy (non-hydrogen) atoms. The van der Waals surface area contributed by atoms with Gasteiger partial charge in [0.15, 0.2) is 0 Å². The van der Waals surface area contributed by atoms with Gasteiger partial charge in [0.1, 0.15) is 5.75 Å². The first-order valence-electron chi connectivity index (χ1n) is 5.16. The van der Waals surface area contributed by atoms with Crippen LogP contribution in [-0.2, 0) is 0 Å². The van der Waals surface area contributed by atoms with E-state index in [0.717, 1.165) is 0 Å². The van der Waals surface area contributed by atoms with Gasteiger partial charge in [-0.3, -0.25) is 0 Å². The molecular weight excluding hydrogens is 286 g/mol. The van der Waals surface area contributed by atoms with E-state index in [-0.39, 0.29) is 16.7 Å². The summed E-state index contributed by atoms with van der Waals surface area (Å²) in [7, 11) is 0. The van der Waals surface area contributed by atoms with E-state index in [1.54, 1.807) is 0 Å². The first-order chi connectivity index (χ1) is 7.64. The van der Waals surface area contributed by atoms with Gasteiger partial charge < -0.3 is 15.9 Å². The summed E-state index contributed by atoms with van der Waals surface area (Å²) in [6, 6.07) is 2.33. The zero-order chi connectivity index (χ0) is 13.4. The van der Waals surface area contributed by atoms with Crippen LogP contribution in [0.25, 0.3) is 0 Å². The van der Waals surface area contributed by atoms with Crippen LogP contribution in [-0.4, -0.2) is 16.2 Å². The first kappa shape index (κ1) is 14.0. The molecule has 0 heterocycles. The molecule has 0 aromatic heterocycles. The fraction of sp³-hybridized carbons (Fsp3) is 0.417. The third-order valence-corrected chi connectivity index (χ3v) is 3.21. The van der Waals surface area contributed by atoms with Crippen molar-refractivity contribution in [3.8, 4) is 5.75 Å². The third kappa shape index (κ3) is 2.98. The summed E-state index contributed by atoms with van der Waals surface area (Å²) in [6.07, 6.45) is 0. The number of carboxylic acid groups (broad SMARTS) is 1. The summed E-state index contributed by atoms with van der Waals surface area (Å²) in [5, 5.41) is 18.9. The highest BCUT2D eigenvalue weighted by Gasteiger charge is 2.26. The van der Waals surface area contributed by atoms with Crippen molar-refractivity contribution < 1.29 is 15.0 Å². The number of carbonyl (C=O) groups is 1. The molecule has 0 aliphatic rings. The normalized spacial score (nSPS) is 13.5. The maximum absolute atomic E-state index is 10.9. The highest BCUT2D eigenvalue weighted by atomic mass is 79.9. The number of hydrogen-bond acceptors (Lipinski definition) is 3. The van der Waals surface area contributed by atoms with Gasteiger partial charge in [-0.1, -0.05) is 20.8 Å². The smallest absolute Gasteiger partial charge is 0.335 e. The van der Waals surface area contributed by atoms with E-state index < -0.39 is 12.0 Å². The monoisotopic (exact) mass is 301 g/mol. The number of aromatic carboxylic acids is 1. The Labute approximate surface area is 109 Å². The summed E-state index contributed by atoms with van der Waals surface area (Å²) in [5.41, 5.74) is 6.30. The first-order valence-corrected chi connectivity index (χ1v) is 5.95. The van der Waals surface area contributed by atoms with Gasteiger partial charge in [0.05, 0.1) is 10.0 Å². The van der Waals surface area contributed by atoms with Crippen LogP contribution < -0.4 is 5.73 Å². The molecule has 0 bridgehead atoms. The van der Waals surface area contributed by atoms with Crippen molar-refractivity contribution in [3.05, 3.63) is 27.7 Å². The van der Waals surface area contributed by atoms with E-state index in [9.17, 15) is 9.90 Å². The number of carboxylic acids is 1. The Morgan fingerprint density at radius 2 is 1.94 bits per heavy atom. The lowest BCUT2D eigenvalue weighted by atomic mass is 9.82. The molecule has 5 heteroatoms. The fourth-order valence-electron chi connectivity index (χ4n) is 1.45. The minimum absolute atomic E-state index is 0.00238. The standard InChI is InChI=1S/C12H16BrNO3/c1-12(2,3)10(14)7-4-6(11(16)17)5-8(13)9(7)15/h4-5,10,15H,14H2,1-3H3,(H,16,17)/t10-/m0/s1. The Morgan fingerprint density at radius 1 is 1.41 bits per heavy atom. The van der Waals surface area contributed by atoms with Crippen molar-refractivity contribution in [1.82, 2.24) is 0 Å². The number of phenolic OH excluding ortho intramolecular Hbond substituents is 1. The Kier molecular flexibility index (Phi) is 3.84. The van der Waals surface area contributed by atoms with Crippen LogP contribution in [0.2, 0.25) is 0 Å². The molecule has 1 atom stereocenters. The average Bonchev–Trinajstić information content (AvgIpc) is 2.19. The molecule has 0 amide bonds. The SMILES string of the molecule is CC(C)(C)[C@@H](N)c1cc(C(=O)O)cc(Br)c1O. The van der Waals surface area contributed by atoms with Gasteiger partial charge in [-0.25, -0.2) is 4.79 Å². The van der Waals surface area contributed by atoms with Crippen LogP contribution in [0.3, 0.4) is 0 Å². The minimum atomic E-state index is -1.05. The van der Waals surface area contributed by atoms with Gasteiger partial charge in [0.25, 0.3) is 0 Å². The molecule has 1 aromatic rings. The number of hydrogen-bond donors (Lipinski definition) is 3. The van der Waals surface area contributed by atoms with Gasteiger partial charge in [-0.05, 0) is 33.5 Å². The molecule has 0 spiro atoms. The van der Waals surface area contributed by atoms with E-state index in [1.807, 2.05) is 20.8 Å². The summed E-state index contributed by atoms with van der Waals surface area (Å²) in [5.74, 6) is -1.05. The number of phenols is 1. The van der Waals surface area contributed by atoms with Gasteiger partial charge in [-0.2, -0.15) is 0 Å². The summed E-state index contributed by atoms with van der Waals surface area (Å²) < 4.78 is 0.340. The third-order valence-electron chi connectivity index (χ3n) is 2.61. The Balaban J connectivity index is 3.37. The Hall–Kier alpha value is -1.07. The van der Waals surface area contributed by atoms with Gasteiger partial charge in [0.2, 0.25) is 0 Å². The lowest BCUT2D eigenvalue weighted by Crippen LogP contribution is -2.26. The molecular formula is C12H16BrNO3. The minimum Gasteiger partial charge on any atom is -0.506 e. The van der Waals surface area contributed by atoms with Crippen molar-refractivity contribution >= 4 is 21.9 Å². The highest BCUT2D eigenvalue weighted by Crippen LogP contribution is 2.39. The second kappa shape index (κ2) is 4.66. The van der Waals surface area contributed by atoms with Gasteiger partial charge in [-0.15, -0.1) is 0 Å². The van der Waals surface area contributed by atoms with Gasteiger partial charge in [0, 0.05) is 11.6 Å². The number of benzene rings is 1. The average molecular weight is 302 g/mol. The number of nitrogens with two attached hydrogens (primary N) is 1. The van der Waals surface area contributed by atoms with E-state index in [1.165, 1.54) is 12.1 Å². The molecule has 1 rings (SSSR count). The second-order valence-electron chi connectivity index (χ2n) is 5.04. The molecule has 4 nitrogen and oxygen atoms in total. The maximum Gasteiger partial charge on any atom is 0.335 e. The van der Waals surface area contributed by atoms with Gasteiger partial charge >= 0.3 is 5.97 Å². The molecule has 4 N–H and O–H groups in total. The summed E-state index contributed by atoms with van der Waals surface area (Å²) >= 11 is 3.13. The predicted octanol–water partition coefficient (Wildman–Crippen LogP) is 2.90.